The fourth-order valence-electron chi connectivity index (χ4n) is 3.12. The summed E-state index contributed by atoms with van der Waals surface area (Å²) in [6.07, 6.45) is 5.77. The first-order valence-corrected chi connectivity index (χ1v) is 11.9. The van der Waals surface area contributed by atoms with Crippen molar-refractivity contribution in [1.29, 1.82) is 0 Å². The smallest absolute Gasteiger partial charge is 0.0619 e. The van der Waals surface area contributed by atoms with Crippen molar-refractivity contribution in [2.45, 2.75) is 42.4 Å². The topological polar surface area (TPSA) is 0 Å². The minimum Gasteiger partial charge on any atom is -0.0619 e. The fraction of sp³-hybridized carbons (Fsp3) is 0.429. The van der Waals surface area contributed by atoms with Crippen LogP contribution in [-0.4, -0.2) is 23.0 Å². The molecule has 23 heavy (non-hydrogen) atoms. The molecule has 0 aromatic heterocycles. The molecule has 2 aliphatic heterocycles. The van der Waals surface area contributed by atoms with E-state index in [0.717, 1.165) is 0 Å². The van der Waals surface area contributed by atoms with Gasteiger partial charge in [0.1, 0.15) is 23.0 Å². The Kier molecular flexibility index (Phi) is 6.53. The molecule has 2 aromatic carbocycles. The first-order chi connectivity index (χ1) is 11.3. The van der Waals surface area contributed by atoms with Crippen LogP contribution in [0.25, 0.3) is 0 Å². The Hall–Kier alpha value is -0.860. The summed E-state index contributed by atoms with van der Waals surface area (Å²) in [5.74, 6) is 5.74. The van der Waals surface area contributed by atoms with Gasteiger partial charge in [-0.3, -0.25) is 0 Å². The maximum atomic E-state index is 2.31. The van der Waals surface area contributed by atoms with Crippen LogP contribution in [0.5, 0.6) is 0 Å². The molecular formula is C21H28S2+2. The van der Waals surface area contributed by atoms with Gasteiger partial charge < -0.3 is 0 Å². The number of hydrogen-bond acceptors (Lipinski definition) is 0. The quantitative estimate of drug-likeness (QED) is 0.655. The molecule has 122 valence electrons. The SMILES string of the molecule is Cc1ccc([S+]2CCCC2)cc1.c1ccc([S+]2CCCC2)cc1. The molecule has 0 N–H and O–H groups in total. The summed E-state index contributed by atoms with van der Waals surface area (Å²) in [4.78, 5) is 3.16. The van der Waals surface area contributed by atoms with Crippen LogP contribution in [-0.2, 0) is 21.8 Å². The second-order valence-corrected chi connectivity index (χ2v) is 10.9. The maximum absolute atomic E-state index is 2.31. The number of benzene rings is 2. The fourth-order valence-corrected chi connectivity index (χ4v) is 7.75. The van der Waals surface area contributed by atoms with Gasteiger partial charge in [-0.1, -0.05) is 35.9 Å². The molecule has 0 bridgehead atoms. The molecule has 0 nitrogen and oxygen atoms in total. The van der Waals surface area contributed by atoms with Crippen LogP contribution < -0.4 is 0 Å². The molecule has 0 atom stereocenters. The Bertz CT molecular complexity index is 565. The second kappa shape index (κ2) is 8.84. The highest BCUT2D eigenvalue weighted by molar-refractivity contribution is 7.97. The van der Waals surface area contributed by atoms with E-state index in [9.17, 15) is 0 Å². The van der Waals surface area contributed by atoms with Crippen LogP contribution in [0.15, 0.2) is 64.4 Å². The van der Waals surface area contributed by atoms with Crippen molar-refractivity contribution in [2.75, 3.05) is 23.0 Å². The zero-order valence-corrected chi connectivity index (χ0v) is 15.8. The van der Waals surface area contributed by atoms with E-state index in [1.165, 1.54) is 54.3 Å². The molecule has 0 saturated carbocycles. The molecular weight excluding hydrogens is 316 g/mol. The van der Waals surface area contributed by atoms with Crippen LogP contribution in [0.3, 0.4) is 0 Å². The lowest BCUT2D eigenvalue weighted by molar-refractivity contribution is 0.949. The van der Waals surface area contributed by atoms with Gasteiger partial charge in [0.15, 0.2) is 9.79 Å². The van der Waals surface area contributed by atoms with Gasteiger partial charge in [0.2, 0.25) is 0 Å². The van der Waals surface area contributed by atoms with E-state index in [-0.39, 0.29) is 0 Å². The number of aryl methyl sites for hydroxylation is 1. The Morgan fingerprint density at radius 1 is 0.565 bits per heavy atom. The van der Waals surface area contributed by atoms with Crippen LogP contribution in [0.2, 0.25) is 0 Å². The van der Waals surface area contributed by atoms with Crippen LogP contribution in [0, 0.1) is 6.92 Å². The zero-order valence-electron chi connectivity index (χ0n) is 14.2. The predicted molar refractivity (Wildman–Crippen MR) is 107 cm³/mol. The first kappa shape index (κ1) is 17.0. The van der Waals surface area contributed by atoms with Gasteiger partial charge in [0, 0.05) is 21.8 Å². The summed E-state index contributed by atoms with van der Waals surface area (Å²) < 4.78 is 0. The molecule has 2 heterocycles. The average molecular weight is 345 g/mol. The predicted octanol–water partition coefficient (Wildman–Crippen LogP) is 5.22. The highest BCUT2D eigenvalue weighted by Crippen LogP contribution is 2.23. The molecule has 2 saturated heterocycles. The Morgan fingerprint density at radius 3 is 1.48 bits per heavy atom. The van der Waals surface area contributed by atoms with E-state index in [4.69, 9.17) is 0 Å². The van der Waals surface area contributed by atoms with Gasteiger partial charge in [0.25, 0.3) is 0 Å². The maximum Gasteiger partial charge on any atom is 0.154 e. The van der Waals surface area contributed by atoms with E-state index >= 15 is 0 Å². The van der Waals surface area contributed by atoms with Crippen molar-refractivity contribution >= 4 is 21.8 Å². The average Bonchev–Trinajstić information content (AvgIpc) is 3.31. The number of rotatable bonds is 2. The van der Waals surface area contributed by atoms with Gasteiger partial charge >= 0.3 is 0 Å². The lowest BCUT2D eigenvalue weighted by Crippen LogP contribution is -2.03. The van der Waals surface area contributed by atoms with E-state index in [0.29, 0.717) is 21.8 Å². The van der Waals surface area contributed by atoms with Crippen LogP contribution in [0.4, 0.5) is 0 Å². The molecule has 4 rings (SSSR count). The molecule has 2 aliphatic rings. The summed E-state index contributed by atoms with van der Waals surface area (Å²) in [7, 11) is 1.21. The van der Waals surface area contributed by atoms with Crippen molar-refractivity contribution in [2.24, 2.45) is 0 Å². The van der Waals surface area contributed by atoms with Gasteiger partial charge in [0.05, 0.1) is 0 Å². The molecule has 2 aromatic rings. The molecule has 0 radical (unpaired) electrons. The molecule has 0 spiro atoms. The Balaban J connectivity index is 0.000000136. The first-order valence-electron chi connectivity index (χ1n) is 8.79. The summed E-state index contributed by atoms with van der Waals surface area (Å²) in [5, 5.41) is 0. The third-order valence-corrected chi connectivity index (χ3v) is 9.50. The third kappa shape index (κ3) is 5.06. The second-order valence-electron chi connectivity index (χ2n) is 6.34. The minimum atomic E-state index is 0.601. The lowest BCUT2D eigenvalue weighted by Gasteiger charge is -1.99. The van der Waals surface area contributed by atoms with Gasteiger partial charge in [-0.15, -0.1) is 0 Å². The monoisotopic (exact) mass is 344 g/mol. The zero-order chi connectivity index (χ0) is 15.9. The Labute approximate surface area is 147 Å². The van der Waals surface area contributed by atoms with Gasteiger partial charge in [-0.2, -0.15) is 0 Å². The van der Waals surface area contributed by atoms with Crippen molar-refractivity contribution in [3.05, 3.63) is 60.2 Å². The minimum absolute atomic E-state index is 0.601. The lowest BCUT2D eigenvalue weighted by atomic mass is 10.2. The molecule has 2 fully saturated rings. The van der Waals surface area contributed by atoms with Crippen LogP contribution in [0.1, 0.15) is 31.2 Å². The van der Waals surface area contributed by atoms with Crippen molar-refractivity contribution < 1.29 is 0 Å². The molecule has 0 aliphatic carbocycles. The summed E-state index contributed by atoms with van der Waals surface area (Å²) in [5.41, 5.74) is 1.38. The Morgan fingerprint density at radius 2 is 1.00 bits per heavy atom. The molecule has 0 unspecified atom stereocenters. The summed E-state index contributed by atoms with van der Waals surface area (Å²) in [6.45, 7) is 2.15. The van der Waals surface area contributed by atoms with Crippen LogP contribution >= 0.6 is 0 Å². The highest BCUT2D eigenvalue weighted by atomic mass is 32.2. The van der Waals surface area contributed by atoms with E-state index in [1.54, 1.807) is 9.79 Å². The van der Waals surface area contributed by atoms with Crippen molar-refractivity contribution in [3.8, 4) is 0 Å². The van der Waals surface area contributed by atoms with E-state index in [1.807, 2.05) is 0 Å². The summed E-state index contributed by atoms with van der Waals surface area (Å²) >= 11 is 0. The largest absolute Gasteiger partial charge is 0.154 e. The molecule has 0 amide bonds. The van der Waals surface area contributed by atoms with Crippen molar-refractivity contribution in [3.63, 3.8) is 0 Å². The number of hydrogen-bond donors (Lipinski definition) is 0. The molecule has 2 heteroatoms. The highest BCUT2D eigenvalue weighted by Gasteiger charge is 2.26. The van der Waals surface area contributed by atoms with E-state index in [2.05, 4.69) is 61.5 Å². The summed E-state index contributed by atoms with van der Waals surface area (Å²) in [6, 6.07) is 20.0. The van der Waals surface area contributed by atoms with E-state index < -0.39 is 0 Å². The van der Waals surface area contributed by atoms with Gasteiger partial charge in [-0.25, -0.2) is 0 Å². The third-order valence-electron chi connectivity index (χ3n) is 4.49. The van der Waals surface area contributed by atoms with Crippen molar-refractivity contribution in [1.82, 2.24) is 0 Å². The normalized spacial score (nSPS) is 18.7. The van der Waals surface area contributed by atoms with Gasteiger partial charge in [-0.05, 0) is 56.9 Å². The standard InChI is InChI=1S/C11H15S.C10H13S/c1-10-4-6-11(7-5-10)12-8-2-3-9-12;1-2-6-10(7-3-1)11-8-4-5-9-11/h4-7H,2-3,8-9H2,1H3;1-3,6-7H,4-5,8-9H2/q2*+1.